The number of benzene rings is 3. The first-order valence-electron chi connectivity index (χ1n) is 7.54. The fourth-order valence-electron chi connectivity index (χ4n) is 2.98. The van der Waals surface area contributed by atoms with Crippen LogP contribution in [0.4, 0.5) is 5.69 Å². The first-order valence-corrected chi connectivity index (χ1v) is 7.92. The number of hydrogen-bond acceptors (Lipinski definition) is 3. The third-order valence-corrected chi connectivity index (χ3v) is 4.50. The van der Waals surface area contributed by atoms with Crippen LogP contribution in [-0.2, 0) is 0 Å². The highest BCUT2D eigenvalue weighted by Crippen LogP contribution is 2.40. The average Bonchev–Trinajstić information content (AvgIpc) is 2.93. The van der Waals surface area contributed by atoms with Gasteiger partial charge in [0.15, 0.2) is 0 Å². The number of anilines is 1. The molecule has 0 atom stereocenters. The van der Waals surface area contributed by atoms with Crippen molar-refractivity contribution in [3.63, 3.8) is 0 Å². The van der Waals surface area contributed by atoms with Gasteiger partial charge < -0.3 is 5.32 Å². The van der Waals surface area contributed by atoms with Gasteiger partial charge in [0.05, 0.1) is 21.8 Å². The largest absolute Gasteiger partial charge is 0.320 e. The number of imide groups is 1. The second kappa shape index (κ2) is 5.72. The molecule has 0 unspecified atom stereocenters. The molecule has 3 aromatic carbocycles. The van der Waals surface area contributed by atoms with Crippen molar-refractivity contribution in [1.82, 2.24) is 5.32 Å². The predicted octanol–water partition coefficient (Wildman–Crippen LogP) is 3.63. The molecule has 6 heteroatoms. The minimum absolute atomic E-state index is 0.0954. The summed E-state index contributed by atoms with van der Waals surface area (Å²) in [6, 6.07) is 15.6. The minimum atomic E-state index is -0.573. The SMILES string of the molecule is O=C(Nc1c2c(c3ccccc3c1Cl)C(=O)NC2=O)c1ccccc1. The van der Waals surface area contributed by atoms with Crippen molar-refractivity contribution in [1.29, 1.82) is 0 Å². The number of halogens is 1. The standard InChI is InChI=1S/C19H11ClN2O3/c20-15-12-9-5-4-8-11(12)13-14(19(25)22-18(13)24)16(15)21-17(23)10-6-2-1-3-7-10/h1-9H,(H,21,23)(H,22,24,25). The van der Waals surface area contributed by atoms with Crippen LogP contribution in [0.15, 0.2) is 54.6 Å². The Morgan fingerprint density at radius 2 is 1.44 bits per heavy atom. The van der Waals surface area contributed by atoms with Gasteiger partial charge in [0, 0.05) is 10.9 Å². The molecule has 3 aromatic rings. The van der Waals surface area contributed by atoms with Crippen LogP contribution in [0, 0.1) is 0 Å². The van der Waals surface area contributed by atoms with Crippen LogP contribution < -0.4 is 10.6 Å². The zero-order valence-electron chi connectivity index (χ0n) is 12.8. The maximum atomic E-state index is 12.5. The minimum Gasteiger partial charge on any atom is -0.320 e. The first kappa shape index (κ1) is 15.4. The van der Waals surface area contributed by atoms with E-state index in [0.29, 0.717) is 16.3 Å². The van der Waals surface area contributed by atoms with E-state index in [1.165, 1.54) is 0 Å². The summed E-state index contributed by atoms with van der Waals surface area (Å²) in [6.45, 7) is 0. The van der Waals surface area contributed by atoms with Crippen LogP contribution in [0.1, 0.15) is 31.1 Å². The third kappa shape index (κ3) is 2.37. The van der Waals surface area contributed by atoms with E-state index in [1.807, 2.05) is 0 Å². The Kier molecular flexibility index (Phi) is 3.51. The lowest BCUT2D eigenvalue weighted by atomic mass is 9.98. The topological polar surface area (TPSA) is 75.3 Å². The molecular formula is C19H11ClN2O3. The molecule has 1 aliphatic rings. The van der Waals surface area contributed by atoms with Gasteiger partial charge >= 0.3 is 0 Å². The van der Waals surface area contributed by atoms with Gasteiger partial charge in [0.1, 0.15) is 0 Å². The molecule has 0 aromatic heterocycles. The van der Waals surface area contributed by atoms with Gasteiger partial charge in [-0.25, -0.2) is 0 Å². The summed E-state index contributed by atoms with van der Waals surface area (Å²) >= 11 is 6.46. The maximum absolute atomic E-state index is 12.5. The lowest BCUT2D eigenvalue weighted by Crippen LogP contribution is -2.21. The van der Waals surface area contributed by atoms with Crippen LogP contribution in [0.25, 0.3) is 10.8 Å². The summed E-state index contributed by atoms with van der Waals surface area (Å²) < 4.78 is 0. The smallest absolute Gasteiger partial charge is 0.261 e. The van der Waals surface area contributed by atoms with E-state index in [4.69, 9.17) is 11.6 Å². The number of amides is 3. The third-order valence-electron chi connectivity index (χ3n) is 4.11. The second-order valence-electron chi connectivity index (χ2n) is 5.59. The van der Waals surface area contributed by atoms with Gasteiger partial charge in [-0.15, -0.1) is 0 Å². The van der Waals surface area contributed by atoms with Crippen molar-refractivity contribution in [2.75, 3.05) is 5.32 Å². The van der Waals surface area contributed by atoms with Crippen molar-refractivity contribution in [3.05, 3.63) is 76.3 Å². The first-order chi connectivity index (χ1) is 12.1. The van der Waals surface area contributed by atoms with Crippen LogP contribution in [-0.4, -0.2) is 17.7 Å². The van der Waals surface area contributed by atoms with Crippen LogP contribution in [0.3, 0.4) is 0 Å². The van der Waals surface area contributed by atoms with E-state index in [-0.39, 0.29) is 21.8 Å². The highest BCUT2D eigenvalue weighted by Gasteiger charge is 2.34. The number of nitrogens with one attached hydrogen (secondary N) is 2. The van der Waals surface area contributed by atoms with Crippen molar-refractivity contribution in [2.24, 2.45) is 0 Å². The molecule has 25 heavy (non-hydrogen) atoms. The molecule has 0 saturated heterocycles. The highest BCUT2D eigenvalue weighted by molar-refractivity contribution is 6.43. The molecule has 0 fully saturated rings. The Morgan fingerprint density at radius 3 is 2.16 bits per heavy atom. The fraction of sp³-hybridized carbons (Fsp3) is 0. The molecule has 0 aliphatic carbocycles. The molecular weight excluding hydrogens is 340 g/mol. The van der Waals surface area contributed by atoms with Gasteiger partial charge in [0.25, 0.3) is 17.7 Å². The summed E-state index contributed by atoms with van der Waals surface area (Å²) in [5.41, 5.74) is 0.893. The van der Waals surface area contributed by atoms with Gasteiger partial charge in [0.2, 0.25) is 0 Å². The number of carbonyl (C=O) groups is 3. The highest BCUT2D eigenvalue weighted by atomic mass is 35.5. The van der Waals surface area contributed by atoms with Crippen molar-refractivity contribution in [2.45, 2.75) is 0 Å². The van der Waals surface area contributed by atoms with Crippen LogP contribution >= 0.6 is 11.6 Å². The lowest BCUT2D eigenvalue weighted by molar-refractivity contribution is 0.0880. The van der Waals surface area contributed by atoms with E-state index >= 15 is 0 Å². The van der Waals surface area contributed by atoms with E-state index in [1.54, 1.807) is 54.6 Å². The quantitative estimate of drug-likeness (QED) is 0.693. The van der Waals surface area contributed by atoms with E-state index in [0.717, 1.165) is 0 Å². The monoisotopic (exact) mass is 350 g/mol. The Labute approximate surface area is 147 Å². The van der Waals surface area contributed by atoms with Crippen LogP contribution in [0.5, 0.6) is 0 Å². The number of rotatable bonds is 2. The zero-order valence-corrected chi connectivity index (χ0v) is 13.6. The average molecular weight is 351 g/mol. The maximum Gasteiger partial charge on any atom is 0.261 e. The zero-order chi connectivity index (χ0) is 17.6. The molecule has 1 heterocycles. The second-order valence-corrected chi connectivity index (χ2v) is 5.97. The van der Waals surface area contributed by atoms with Crippen molar-refractivity contribution in [3.8, 4) is 0 Å². The van der Waals surface area contributed by atoms with Crippen molar-refractivity contribution >= 4 is 45.8 Å². The Morgan fingerprint density at radius 1 is 0.840 bits per heavy atom. The molecule has 0 saturated carbocycles. The van der Waals surface area contributed by atoms with Gasteiger partial charge in [-0.1, -0.05) is 54.1 Å². The van der Waals surface area contributed by atoms with Gasteiger partial charge in [-0.3, -0.25) is 19.7 Å². The summed E-state index contributed by atoms with van der Waals surface area (Å²) in [4.78, 5) is 37.0. The van der Waals surface area contributed by atoms with Crippen LogP contribution in [0.2, 0.25) is 5.02 Å². The number of hydrogen-bond donors (Lipinski definition) is 2. The van der Waals surface area contributed by atoms with Gasteiger partial charge in [-0.2, -0.15) is 0 Å². The van der Waals surface area contributed by atoms with E-state index in [2.05, 4.69) is 10.6 Å². The van der Waals surface area contributed by atoms with Crippen molar-refractivity contribution < 1.29 is 14.4 Å². The molecule has 4 rings (SSSR count). The summed E-state index contributed by atoms with van der Waals surface area (Å²) in [7, 11) is 0. The Bertz CT molecular complexity index is 1060. The number of carbonyl (C=O) groups excluding carboxylic acids is 3. The predicted molar refractivity (Wildman–Crippen MR) is 95.1 cm³/mol. The summed E-state index contributed by atoms with van der Waals surface area (Å²) in [5.74, 6) is -1.48. The molecule has 0 bridgehead atoms. The summed E-state index contributed by atoms with van der Waals surface area (Å²) in [5, 5.41) is 6.35. The van der Waals surface area contributed by atoms with E-state index in [9.17, 15) is 14.4 Å². The fourth-order valence-corrected chi connectivity index (χ4v) is 3.29. The van der Waals surface area contributed by atoms with Gasteiger partial charge in [-0.05, 0) is 17.5 Å². The molecule has 5 nitrogen and oxygen atoms in total. The molecule has 122 valence electrons. The molecule has 3 amide bonds. The lowest BCUT2D eigenvalue weighted by Gasteiger charge is -2.14. The van der Waals surface area contributed by atoms with E-state index < -0.39 is 17.7 Å². The molecule has 2 N–H and O–H groups in total. The summed E-state index contributed by atoms with van der Waals surface area (Å²) in [6.07, 6.45) is 0. The Hall–Kier alpha value is -3.18. The molecule has 0 radical (unpaired) electrons. The molecule has 1 aliphatic heterocycles. The normalized spacial score (nSPS) is 12.8. The number of fused-ring (bicyclic) bond motifs is 3. The molecule has 0 spiro atoms. The Balaban J connectivity index is 1.94.